The SMILES string of the molecule is CCCNC(CCc1cnn(CC)c1)C(C)C. The third-order valence-corrected chi connectivity index (χ3v) is 3.22. The predicted octanol–water partition coefficient (Wildman–Crippen LogP) is 2.86. The highest BCUT2D eigenvalue weighted by atomic mass is 15.3. The van der Waals surface area contributed by atoms with Crippen molar-refractivity contribution in [3.05, 3.63) is 18.0 Å². The molecule has 1 rings (SSSR count). The van der Waals surface area contributed by atoms with Crippen LogP contribution in [0.1, 0.15) is 46.1 Å². The molecule has 98 valence electrons. The molecule has 0 radical (unpaired) electrons. The number of aromatic nitrogens is 2. The van der Waals surface area contributed by atoms with Crippen LogP contribution in [-0.2, 0) is 13.0 Å². The Morgan fingerprint density at radius 2 is 2.12 bits per heavy atom. The van der Waals surface area contributed by atoms with Gasteiger partial charge in [-0.1, -0.05) is 20.8 Å². The number of nitrogens with one attached hydrogen (secondary N) is 1. The number of aryl methyl sites for hydroxylation is 2. The summed E-state index contributed by atoms with van der Waals surface area (Å²) in [5.74, 6) is 0.697. The van der Waals surface area contributed by atoms with Crippen LogP contribution in [0.2, 0.25) is 0 Å². The van der Waals surface area contributed by atoms with E-state index >= 15 is 0 Å². The molecule has 0 aliphatic carbocycles. The van der Waals surface area contributed by atoms with Gasteiger partial charge in [0.25, 0.3) is 0 Å². The van der Waals surface area contributed by atoms with E-state index in [1.165, 1.54) is 18.4 Å². The van der Waals surface area contributed by atoms with Crippen LogP contribution in [-0.4, -0.2) is 22.4 Å². The van der Waals surface area contributed by atoms with Crippen LogP contribution >= 0.6 is 0 Å². The van der Waals surface area contributed by atoms with Crippen molar-refractivity contribution in [2.45, 2.75) is 59.5 Å². The summed E-state index contributed by atoms with van der Waals surface area (Å²) < 4.78 is 2.00. The van der Waals surface area contributed by atoms with Gasteiger partial charge in [-0.2, -0.15) is 5.10 Å². The van der Waals surface area contributed by atoms with E-state index in [-0.39, 0.29) is 0 Å². The van der Waals surface area contributed by atoms with Gasteiger partial charge < -0.3 is 5.32 Å². The van der Waals surface area contributed by atoms with E-state index in [0.29, 0.717) is 12.0 Å². The standard InChI is InChI=1S/C14H27N3/c1-5-9-15-14(12(3)4)8-7-13-10-16-17(6-2)11-13/h10-12,14-15H,5-9H2,1-4H3. The molecule has 0 fully saturated rings. The highest BCUT2D eigenvalue weighted by Gasteiger charge is 2.12. The molecule has 0 spiro atoms. The van der Waals surface area contributed by atoms with Crippen molar-refractivity contribution in [3.63, 3.8) is 0 Å². The van der Waals surface area contributed by atoms with E-state index in [4.69, 9.17) is 0 Å². The average molecular weight is 237 g/mol. The first-order chi connectivity index (χ1) is 8.17. The molecule has 0 amide bonds. The fourth-order valence-electron chi connectivity index (χ4n) is 2.03. The lowest BCUT2D eigenvalue weighted by atomic mass is 9.97. The zero-order valence-corrected chi connectivity index (χ0v) is 11.7. The summed E-state index contributed by atoms with van der Waals surface area (Å²) in [5, 5.41) is 7.95. The Bertz CT molecular complexity index is 304. The van der Waals surface area contributed by atoms with Gasteiger partial charge in [0.05, 0.1) is 6.20 Å². The van der Waals surface area contributed by atoms with Crippen LogP contribution in [0.3, 0.4) is 0 Å². The van der Waals surface area contributed by atoms with Crippen LogP contribution in [0, 0.1) is 5.92 Å². The summed E-state index contributed by atoms with van der Waals surface area (Å²) >= 11 is 0. The number of rotatable bonds is 8. The van der Waals surface area contributed by atoms with Gasteiger partial charge in [-0.3, -0.25) is 4.68 Å². The molecule has 1 N–H and O–H groups in total. The Labute approximate surface area is 106 Å². The molecule has 17 heavy (non-hydrogen) atoms. The molecule has 0 bridgehead atoms. The summed E-state index contributed by atoms with van der Waals surface area (Å²) in [6, 6.07) is 0.625. The number of hydrogen-bond donors (Lipinski definition) is 1. The highest BCUT2D eigenvalue weighted by Crippen LogP contribution is 2.11. The molecule has 3 nitrogen and oxygen atoms in total. The average Bonchev–Trinajstić information content (AvgIpc) is 2.76. The second kappa shape index (κ2) is 7.49. The highest BCUT2D eigenvalue weighted by molar-refractivity contribution is 5.04. The van der Waals surface area contributed by atoms with Crippen molar-refractivity contribution in [1.29, 1.82) is 0 Å². The lowest BCUT2D eigenvalue weighted by Crippen LogP contribution is -2.34. The van der Waals surface area contributed by atoms with Crippen molar-refractivity contribution >= 4 is 0 Å². The van der Waals surface area contributed by atoms with Gasteiger partial charge in [-0.15, -0.1) is 0 Å². The molecular weight excluding hydrogens is 210 g/mol. The third-order valence-electron chi connectivity index (χ3n) is 3.22. The smallest absolute Gasteiger partial charge is 0.0521 e. The minimum absolute atomic E-state index is 0.625. The van der Waals surface area contributed by atoms with Crippen LogP contribution in [0.25, 0.3) is 0 Å². The Morgan fingerprint density at radius 1 is 1.35 bits per heavy atom. The van der Waals surface area contributed by atoms with Crippen LogP contribution in [0.15, 0.2) is 12.4 Å². The quantitative estimate of drug-likeness (QED) is 0.753. The molecule has 0 saturated heterocycles. The molecule has 1 atom stereocenters. The van der Waals surface area contributed by atoms with Crippen LogP contribution in [0.4, 0.5) is 0 Å². The summed E-state index contributed by atoms with van der Waals surface area (Å²) in [7, 11) is 0. The molecule has 0 aliphatic rings. The van der Waals surface area contributed by atoms with E-state index < -0.39 is 0 Å². The van der Waals surface area contributed by atoms with Crippen molar-refractivity contribution in [2.24, 2.45) is 5.92 Å². The Hall–Kier alpha value is -0.830. The Morgan fingerprint density at radius 3 is 2.65 bits per heavy atom. The molecule has 1 aromatic heterocycles. The number of nitrogens with zero attached hydrogens (tertiary/aromatic N) is 2. The van der Waals surface area contributed by atoms with Crippen LogP contribution in [0.5, 0.6) is 0 Å². The minimum Gasteiger partial charge on any atom is -0.314 e. The van der Waals surface area contributed by atoms with E-state index in [2.05, 4.69) is 44.3 Å². The van der Waals surface area contributed by atoms with Gasteiger partial charge >= 0.3 is 0 Å². The first-order valence-corrected chi connectivity index (χ1v) is 6.92. The van der Waals surface area contributed by atoms with Crippen molar-refractivity contribution < 1.29 is 0 Å². The normalized spacial score (nSPS) is 13.2. The molecule has 0 aromatic carbocycles. The molecular formula is C14H27N3. The van der Waals surface area contributed by atoms with E-state index in [1.807, 2.05) is 10.9 Å². The zero-order valence-electron chi connectivity index (χ0n) is 11.7. The molecule has 3 heteroatoms. The van der Waals surface area contributed by atoms with Gasteiger partial charge in [0.1, 0.15) is 0 Å². The zero-order chi connectivity index (χ0) is 12.7. The molecule has 0 saturated carbocycles. The van der Waals surface area contributed by atoms with Gasteiger partial charge in [-0.05, 0) is 44.2 Å². The predicted molar refractivity (Wildman–Crippen MR) is 73.1 cm³/mol. The lowest BCUT2D eigenvalue weighted by Gasteiger charge is -2.21. The Balaban J connectivity index is 2.40. The fraction of sp³-hybridized carbons (Fsp3) is 0.786. The van der Waals surface area contributed by atoms with Crippen molar-refractivity contribution in [2.75, 3.05) is 6.54 Å². The summed E-state index contributed by atoms with van der Waals surface area (Å²) in [6.07, 6.45) is 7.70. The number of hydrogen-bond acceptors (Lipinski definition) is 2. The maximum Gasteiger partial charge on any atom is 0.0521 e. The fourth-order valence-corrected chi connectivity index (χ4v) is 2.03. The van der Waals surface area contributed by atoms with Crippen molar-refractivity contribution in [1.82, 2.24) is 15.1 Å². The first kappa shape index (κ1) is 14.2. The van der Waals surface area contributed by atoms with Gasteiger partial charge in [0, 0.05) is 18.8 Å². The van der Waals surface area contributed by atoms with Crippen LogP contribution < -0.4 is 5.32 Å². The summed E-state index contributed by atoms with van der Waals surface area (Å²) in [5.41, 5.74) is 1.36. The molecule has 1 unspecified atom stereocenters. The van der Waals surface area contributed by atoms with Gasteiger partial charge in [0.2, 0.25) is 0 Å². The van der Waals surface area contributed by atoms with E-state index in [0.717, 1.165) is 19.5 Å². The van der Waals surface area contributed by atoms with Gasteiger partial charge in [0.15, 0.2) is 0 Å². The van der Waals surface area contributed by atoms with E-state index in [9.17, 15) is 0 Å². The summed E-state index contributed by atoms with van der Waals surface area (Å²) in [6.45, 7) is 11.0. The largest absolute Gasteiger partial charge is 0.314 e. The van der Waals surface area contributed by atoms with E-state index in [1.54, 1.807) is 0 Å². The molecule has 1 aromatic rings. The minimum atomic E-state index is 0.625. The topological polar surface area (TPSA) is 29.9 Å². The first-order valence-electron chi connectivity index (χ1n) is 6.92. The summed E-state index contributed by atoms with van der Waals surface area (Å²) in [4.78, 5) is 0. The maximum absolute atomic E-state index is 4.32. The maximum atomic E-state index is 4.32. The van der Waals surface area contributed by atoms with Crippen molar-refractivity contribution in [3.8, 4) is 0 Å². The molecule has 1 heterocycles. The monoisotopic (exact) mass is 237 g/mol. The molecule has 0 aliphatic heterocycles. The van der Waals surface area contributed by atoms with Gasteiger partial charge in [-0.25, -0.2) is 0 Å². The third kappa shape index (κ3) is 4.90. The Kier molecular flexibility index (Phi) is 6.27. The second-order valence-corrected chi connectivity index (χ2v) is 5.05. The lowest BCUT2D eigenvalue weighted by molar-refractivity contribution is 0.378. The second-order valence-electron chi connectivity index (χ2n) is 5.05.